The highest BCUT2D eigenvalue weighted by Crippen LogP contribution is 2.39. The van der Waals surface area contributed by atoms with Crippen molar-refractivity contribution < 1.29 is 36.2 Å². The number of pyridine rings is 1. The van der Waals surface area contributed by atoms with E-state index in [1.165, 1.54) is 6.92 Å². The first-order valence-electron chi connectivity index (χ1n) is 9.65. The molecule has 0 saturated carbocycles. The molecule has 1 aliphatic rings. The lowest BCUT2D eigenvalue weighted by Gasteiger charge is -2.32. The number of fused-ring (bicyclic) bond motifs is 1. The van der Waals surface area contributed by atoms with Gasteiger partial charge in [-0.3, -0.25) is 0 Å². The number of halogens is 6. The van der Waals surface area contributed by atoms with Crippen molar-refractivity contribution in [3.05, 3.63) is 41.0 Å². The molecule has 1 fully saturated rings. The Labute approximate surface area is 178 Å². The van der Waals surface area contributed by atoms with Crippen molar-refractivity contribution in [2.45, 2.75) is 32.0 Å². The monoisotopic (exact) mass is 460 g/mol. The number of phenolic OH excluding ortho intramolecular Hbond substituents is 1. The Morgan fingerprint density at radius 2 is 1.78 bits per heavy atom. The maximum atomic E-state index is 15.4. The maximum Gasteiger partial charge on any atom is 0.419 e. The van der Waals surface area contributed by atoms with E-state index in [0.717, 1.165) is 6.20 Å². The van der Waals surface area contributed by atoms with Crippen molar-refractivity contribution in [3.8, 4) is 11.4 Å². The zero-order valence-electron chi connectivity index (χ0n) is 17.0. The SMILES string of the molecule is Cc1nn(-c2cc(C(F)(F)F)c(F)c(O)c2F)c2cnc(N(C)C3CCOCC3)c(F)c12. The Morgan fingerprint density at radius 3 is 2.41 bits per heavy atom. The van der Waals surface area contributed by atoms with Gasteiger partial charge in [-0.1, -0.05) is 0 Å². The summed E-state index contributed by atoms with van der Waals surface area (Å²) in [5.41, 5.74) is -2.85. The molecule has 1 aliphatic heterocycles. The number of ether oxygens (including phenoxy) is 1. The van der Waals surface area contributed by atoms with Crippen molar-refractivity contribution in [3.63, 3.8) is 0 Å². The molecule has 4 rings (SSSR count). The van der Waals surface area contributed by atoms with Gasteiger partial charge in [-0.2, -0.15) is 18.3 Å². The first-order valence-corrected chi connectivity index (χ1v) is 9.65. The van der Waals surface area contributed by atoms with E-state index in [4.69, 9.17) is 4.74 Å². The van der Waals surface area contributed by atoms with E-state index in [9.17, 15) is 27.1 Å². The topological polar surface area (TPSA) is 63.4 Å². The van der Waals surface area contributed by atoms with E-state index in [1.54, 1.807) is 11.9 Å². The van der Waals surface area contributed by atoms with Gasteiger partial charge in [0.2, 0.25) is 0 Å². The molecule has 3 aromatic rings. The number of nitrogens with zero attached hydrogens (tertiary/aromatic N) is 4. The highest BCUT2D eigenvalue weighted by Gasteiger charge is 2.38. The third-order valence-corrected chi connectivity index (χ3v) is 5.59. The average molecular weight is 460 g/mol. The minimum atomic E-state index is -5.20. The molecule has 32 heavy (non-hydrogen) atoms. The van der Waals surface area contributed by atoms with Gasteiger partial charge in [0.25, 0.3) is 0 Å². The number of aromatic nitrogens is 3. The molecule has 2 aromatic heterocycles. The Morgan fingerprint density at radius 1 is 1.12 bits per heavy atom. The highest BCUT2D eigenvalue weighted by atomic mass is 19.4. The molecule has 0 amide bonds. The van der Waals surface area contributed by atoms with Gasteiger partial charge in [0.15, 0.2) is 29.0 Å². The molecule has 0 aliphatic carbocycles. The van der Waals surface area contributed by atoms with Gasteiger partial charge in [-0.05, 0) is 25.8 Å². The second-order valence-corrected chi connectivity index (χ2v) is 7.53. The summed E-state index contributed by atoms with van der Waals surface area (Å²) in [6.07, 6.45) is -2.73. The van der Waals surface area contributed by atoms with E-state index in [1.807, 2.05) is 0 Å². The van der Waals surface area contributed by atoms with Crippen LogP contribution in [0.4, 0.5) is 32.2 Å². The molecule has 0 atom stereocenters. The number of aromatic hydroxyl groups is 1. The van der Waals surface area contributed by atoms with E-state index in [-0.39, 0.29) is 34.5 Å². The molecule has 0 spiro atoms. The normalized spacial score (nSPS) is 15.5. The van der Waals surface area contributed by atoms with E-state index in [2.05, 4.69) is 10.1 Å². The fourth-order valence-corrected chi connectivity index (χ4v) is 3.87. The maximum absolute atomic E-state index is 15.4. The van der Waals surface area contributed by atoms with Crippen LogP contribution in [0.15, 0.2) is 12.3 Å². The second kappa shape index (κ2) is 7.84. The van der Waals surface area contributed by atoms with Crippen LogP contribution >= 0.6 is 0 Å². The zero-order valence-corrected chi connectivity index (χ0v) is 17.0. The molecular formula is C20H18F6N4O2. The summed E-state index contributed by atoms with van der Waals surface area (Å²) in [7, 11) is 1.67. The van der Waals surface area contributed by atoms with Gasteiger partial charge in [0.1, 0.15) is 5.69 Å². The van der Waals surface area contributed by atoms with Crippen LogP contribution in [0.2, 0.25) is 0 Å². The van der Waals surface area contributed by atoms with Crippen LogP contribution < -0.4 is 4.90 Å². The summed E-state index contributed by atoms with van der Waals surface area (Å²) in [4.78, 5) is 5.74. The number of hydrogen-bond donors (Lipinski definition) is 1. The van der Waals surface area contributed by atoms with Crippen LogP contribution in [-0.2, 0) is 10.9 Å². The number of aryl methyl sites for hydroxylation is 1. The quantitative estimate of drug-likeness (QED) is 0.584. The Kier molecular flexibility index (Phi) is 5.43. The Bertz CT molecular complexity index is 1190. The number of rotatable bonds is 3. The molecule has 1 aromatic carbocycles. The summed E-state index contributed by atoms with van der Waals surface area (Å²) in [5.74, 6) is -6.38. The Hall–Kier alpha value is -3.02. The molecule has 3 heterocycles. The molecule has 0 radical (unpaired) electrons. The summed E-state index contributed by atoms with van der Waals surface area (Å²) in [6.45, 7) is 2.43. The van der Waals surface area contributed by atoms with Crippen molar-refractivity contribution in [2.75, 3.05) is 25.2 Å². The first kappa shape index (κ1) is 22.2. The summed E-state index contributed by atoms with van der Waals surface area (Å²) in [5, 5.41) is 13.5. The summed E-state index contributed by atoms with van der Waals surface area (Å²) >= 11 is 0. The van der Waals surface area contributed by atoms with E-state index < -0.39 is 40.6 Å². The Balaban J connectivity index is 1.88. The molecule has 0 bridgehead atoms. The van der Waals surface area contributed by atoms with E-state index in [0.29, 0.717) is 30.7 Å². The molecule has 1 N–H and O–H groups in total. The van der Waals surface area contributed by atoms with Crippen LogP contribution in [-0.4, -0.2) is 46.2 Å². The first-order chi connectivity index (χ1) is 15.0. The van der Waals surface area contributed by atoms with Gasteiger partial charge in [0, 0.05) is 26.3 Å². The second-order valence-electron chi connectivity index (χ2n) is 7.53. The third kappa shape index (κ3) is 3.51. The predicted octanol–water partition coefficient (Wildman–Crippen LogP) is 4.49. The van der Waals surface area contributed by atoms with Crippen molar-refractivity contribution >= 4 is 16.7 Å². The van der Waals surface area contributed by atoms with Gasteiger partial charge >= 0.3 is 6.18 Å². The van der Waals surface area contributed by atoms with Crippen LogP contribution in [0.25, 0.3) is 16.6 Å². The number of anilines is 1. The lowest BCUT2D eigenvalue weighted by atomic mass is 10.1. The minimum Gasteiger partial charge on any atom is -0.503 e. The predicted molar refractivity (Wildman–Crippen MR) is 102 cm³/mol. The molecule has 172 valence electrons. The van der Waals surface area contributed by atoms with E-state index >= 15 is 4.39 Å². The lowest BCUT2D eigenvalue weighted by molar-refractivity contribution is -0.140. The van der Waals surface area contributed by atoms with Gasteiger partial charge < -0.3 is 14.7 Å². The minimum absolute atomic E-state index is 0.00505. The fourth-order valence-electron chi connectivity index (χ4n) is 3.87. The van der Waals surface area contributed by atoms with Gasteiger partial charge in [-0.15, -0.1) is 0 Å². The molecule has 1 saturated heterocycles. The molecule has 12 heteroatoms. The number of alkyl halides is 3. The zero-order chi connectivity index (χ0) is 23.4. The molecular weight excluding hydrogens is 442 g/mol. The van der Waals surface area contributed by atoms with Crippen molar-refractivity contribution in [1.29, 1.82) is 0 Å². The fraction of sp³-hybridized carbons (Fsp3) is 0.400. The summed E-state index contributed by atoms with van der Waals surface area (Å²) < 4.78 is 89.3. The van der Waals surface area contributed by atoms with Gasteiger partial charge in [0.05, 0.1) is 28.4 Å². The summed E-state index contributed by atoms with van der Waals surface area (Å²) in [6, 6.07) is 0.148. The van der Waals surface area contributed by atoms with Crippen LogP contribution in [0, 0.1) is 24.4 Å². The van der Waals surface area contributed by atoms with Crippen LogP contribution in [0.3, 0.4) is 0 Å². The lowest BCUT2D eigenvalue weighted by Crippen LogP contribution is -2.37. The van der Waals surface area contributed by atoms with Crippen molar-refractivity contribution in [2.24, 2.45) is 0 Å². The largest absolute Gasteiger partial charge is 0.503 e. The average Bonchev–Trinajstić information content (AvgIpc) is 3.08. The van der Waals surface area contributed by atoms with Crippen LogP contribution in [0.5, 0.6) is 5.75 Å². The van der Waals surface area contributed by atoms with Crippen LogP contribution in [0.1, 0.15) is 24.1 Å². The standard InChI is InChI=1S/C20H18F6N4O2/c1-9-14-13(8-27-19(17(14)23)29(2)10-3-5-32-6-4-10)30(28-9)12-7-11(20(24,25)26)15(21)18(31)16(12)22/h7-8,10,31H,3-6H2,1-2H3. The highest BCUT2D eigenvalue weighted by molar-refractivity contribution is 5.86. The van der Waals surface area contributed by atoms with Gasteiger partial charge in [-0.25, -0.2) is 22.8 Å². The smallest absolute Gasteiger partial charge is 0.419 e. The number of phenols is 1. The molecule has 0 unspecified atom stereocenters. The third-order valence-electron chi connectivity index (χ3n) is 5.59. The number of benzene rings is 1. The molecule has 6 nitrogen and oxygen atoms in total. The van der Waals surface area contributed by atoms with Crippen molar-refractivity contribution in [1.82, 2.24) is 14.8 Å². The number of hydrogen-bond acceptors (Lipinski definition) is 5.